The van der Waals surface area contributed by atoms with Crippen molar-refractivity contribution in [3.05, 3.63) is 30.3 Å². The Kier molecular flexibility index (Phi) is 8.17. The molecule has 0 bridgehead atoms. The van der Waals surface area contributed by atoms with E-state index in [2.05, 4.69) is 37.3 Å². The molecule has 0 fully saturated rings. The van der Waals surface area contributed by atoms with Gasteiger partial charge < -0.3 is 0 Å². The van der Waals surface area contributed by atoms with Crippen LogP contribution in [-0.4, -0.2) is 6.16 Å². The normalized spacial score (nSPS) is 12.1. The van der Waals surface area contributed by atoms with Crippen LogP contribution in [-0.2, 0) is 0 Å². The fourth-order valence-electron chi connectivity index (χ4n) is 1.57. The van der Waals surface area contributed by atoms with Crippen LogP contribution in [0.25, 0.3) is 0 Å². The van der Waals surface area contributed by atoms with Crippen molar-refractivity contribution >= 4 is 21.8 Å². The van der Waals surface area contributed by atoms with E-state index >= 15 is 0 Å². The Morgan fingerprint density at radius 2 is 1.73 bits per heavy atom. The first-order valence-electron chi connectivity index (χ1n) is 6.06. The van der Waals surface area contributed by atoms with Gasteiger partial charge in [-0.2, -0.15) is 0 Å². The highest BCUT2D eigenvalue weighted by molar-refractivity contribution is 8.15. The molecule has 0 nitrogen and oxygen atoms in total. The third-order valence-corrected chi connectivity index (χ3v) is 6.54. The first-order chi connectivity index (χ1) is 7.43. The van der Waals surface area contributed by atoms with Crippen LogP contribution in [0.4, 0.5) is 0 Å². The number of rotatable bonds is 8. The van der Waals surface area contributed by atoms with Crippen LogP contribution in [0, 0.1) is 0 Å². The zero-order valence-corrected chi connectivity index (χ0v) is 11.9. The lowest BCUT2D eigenvalue weighted by Gasteiger charge is -1.97. The van der Waals surface area contributed by atoms with Gasteiger partial charge in [0, 0.05) is 13.6 Å². The summed E-state index contributed by atoms with van der Waals surface area (Å²) in [5, 5.41) is 1.56. The molecule has 0 saturated carbocycles. The monoisotopic (exact) mass is 241 g/mol. The zero-order chi connectivity index (χ0) is 10.8. The van der Waals surface area contributed by atoms with Crippen molar-refractivity contribution in [2.45, 2.75) is 39.0 Å². The number of benzene rings is 1. The summed E-state index contributed by atoms with van der Waals surface area (Å²) in [5.41, 5.74) is 0. The van der Waals surface area contributed by atoms with Crippen molar-refractivity contribution in [2.24, 2.45) is 0 Å². The third kappa shape index (κ3) is 7.04. The van der Waals surface area contributed by atoms with Crippen molar-refractivity contribution in [1.82, 2.24) is 0 Å². The largest absolute Gasteiger partial charge is 0.0679 e. The van der Waals surface area contributed by atoms with Crippen LogP contribution in [0.15, 0.2) is 30.3 Å². The lowest BCUT2D eigenvalue weighted by molar-refractivity contribution is 0.659. The lowest BCUT2D eigenvalue weighted by atomic mass is 10.2. The van der Waals surface area contributed by atoms with E-state index in [1.165, 1.54) is 38.3 Å². The van der Waals surface area contributed by atoms with Gasteiger partial charge in [-0.1, -0.05) is 56.5 Å². The molecule has 0 amide bonds. The van der Waals surface area contributed by atoms with Gasteiger partial charge in [-0.15, -0.1) is 0 Å². The third-order valence-electron chi connectivity index (χ3n) is 2.49. The van der Waals surface area contributed by atoms with Gasteiger partial charge in [-0.25, -0.2) is 0 Å². The maximum atomic E-state index is 2.28. The molecule has 0 aliphatic rings. The van der Waals surface area contributed by atoms with E-state index in [0.29, 0.717) is 8.27 Å². The summed E-state index contributed by atoms with van der Waals surface area (Å²) >= 11 is 0. The predicted octanol–water partition coefficient (Wildman–Crippen LogP) is 4.29. The SMILES string of the molecule is CCCCCCC[PH2+]Pc1ccccc1. The smallest absolute Gasteiger partial charge is 0.0654 e. The Labute approximate surface area is 97.7 Å². The summed E-state index contributed by atoms with van der Waals surface area (Å²) in [6.45, 7) is 2.28. The highest BCUT2D eigenvalue weighted by atomic mass is 32.0. The molecule has 2 atom stereocenters. The molecule has 0 aromatic heterocycles. The van der Waals surface area contributed by atoms with Crippen molar-refractivity contribution in [1.29, 1.82) is 0 Å². The molecule has 2 unspecified atom stereocenters. The van der Waals surface area contributed by atoms with E-state index in [1.807, 2.05) is 0 Å². The second-order valence-electron chi connectivity index (χ2n) is 3.92. The van der Waals surface area contributed by atoms with Crippen molar-refractivity contribution < 1.29 is 0 Å². The van der Waals surface area contributed by atoms with Gasteiger partial charge in [0.15, 0.2) is 0 Å². The number of unbranched alkanes of at least 4 members (excludes halogenated alkanes) is 4. The van der Waals surface area contributed by atoms with Crippen LogP contribution in [0.1, 0.15) is 39.0 Å². The van der Waals surface area contributed by atoms with Gasteiger partial charge in [0.25, 0.3) is 0 Å². The molecule has 1 rings (SSSR count). The van der Waals surface area contributed by atoms with Crippen molar-refractivity contribution in [3.63, 3.8) is 0 Å². The second-order valence-corrected chi connectivity index (χ2v) is 7.86. The summed E-state index contributed by atoms with van der Waals surface area (Å²) in [4.78, 5) is 0. The zero-order valence-electron chi connectivity index (χ0n) is 9.71. The Balaban J connectivity index is 1.93. The van der Waals surface area contributed by atoms with Crippen LogP contribution in [0.5, 0.6) is 0 Å². The first kappa shape index (κ1) is 13.1. The average molecular weight is 241 g/mol. The Hall–Kier alpha value is 0.0800. The maximum Gasteiger partial charge on any atom is 0.0679 e. The molecular weight excluding hydrogens is 218 g/mol. The van der Waals surface area contributed by atoms with Crippen LogP contribution in [0.3, 0.4) is 0 Å². The lowest BCUT2D eigenvalue weighted by Crippen LogP contribution is -1.88. The molecule has 15 heavy (non-hydrogen) atoms. The van der Waals surface area contributed by atoms with Gasteiger partial charge >= 0.3 is 0 Å². The molecule has 0 spiro atoms. The standard InChI is InChI=1S/C13H22P2/c1-2-3-4-5-9-12-14-15-13-10-7-6-8-11-13/h6-8,10-11,14-15H,2-5,9,12H2,1H3/p+1. The van der Waals surface area contributed by atoms with E-state index < -0.39 is 0 Å². The van der Waals surface area contributed by atoms with Gasteiger partial charge in [0.1, 0.15) is 0 Å². The summed E-state index contributed by atoms with van der Waals surface area (Å²) < 4.78 is 0. The minimum absolute atomic E-state index is 0.678. The quantitative estimate of drug-likeness (QED) is 0.470. The topological polar surface area (TPSA) is 0 Å². The molecule has 0 saturated heterocycles. The maximum absolute atomic E-state index is 2.28. The van der Waals surface area contributed by atoms with E-state index in [-0.39, 0.29) is 0 Å². The predicted molar refractivity (Wildman–Crippen MR) is 77.7 cm³/mol. The van der Waals surface area contributed by atoms with E-state index in [9.17, 15) is 0 Å². The fraction of sp³-hybridized carbons (Fsp3) is 0.538. The summed E-state index contributed by atoms with van der Waals surface area (Å²) in [6, 6.07) is 10.9. The van der Waals surface area contributed by atoms with Crippen LogP contribution < -0.4 is 5.30 Å². The first-order valence-corrected chi connectivity index (χ1v) is 9.69. The molecule has 0 aliphatic carbocycles. The van der Waals surface area contributed by atoms with Crippen LogP contribution in [0.2, 0.25) is 0 Å². The molecule has 0 radical (unpaired) electrons. The van der Waals surface area contributed by atoms with Gasteiger partial charge in [0.2, 0.25) is 0 Å². The minimum Gasteiger partial charge on any atom is -0.0654 e. The van der Waals surface area contributed by atoms with Crippen molar-refractivity contribution in [2.75, 3.05) is 6.16 Å². The fourth-order valence-corrected chi connectivity index (χ4v) is 5.16. The van der Waals surface area contributed by atoms with Crippen molar-refractivity contribution in [3.8, 4) is 0 Å². The molecule has 0 N–H and O–H groups in total. The van der Waals surface area contributed by atoms with E-state index in [1.54, 1.807) is 5.30 Å². The summed E-state index contributed by atoms with van der Waals surface area (Å²) in [7, 11) is 1.78. The molecule has 1 aromatic rings. The Morgan fingerprint density at radius 1 is 1.00 bits per heavy atom. The molecule has 84 valence electrons. The van der Waals surface area contributed by atoms with Crippen LogP contribution >= 0.6 is 16.5 Å². The molecular formula is C13H23P2+. The number of hydrogen-bond acceptors (Lipinski definition) is 0. The van der Waals surface area contributed by atoms with Gasteiger partial charge in [-0.05, 0) is 12.8 Å². The highest BCUT2D eigenvalue weighted by Gasteiger charge is 1.98. The second kappa shape index (κ2) is 9.32. The minimum atomic E-state index is 0.678. The number of hydrogen-bond donors (Lipinski definition) is 0. The van der Waals surface area contributed by atoms with Gasteiger partial charge in [-0.3, -0.25) is 0 Å². The van der Waals surface area contributed by atoms with Gasteiger partial charge in [0.05, 0.1) is 14.4 Å². The van der Waals surface area contributed by atoms with E-state index in [4.69, 9.17) is 0 Å². The molecule has 1 aromatic carbocycles. The van der Waals surface area contributed by atoms with E-state index in [0.717, 1.165) is 8.27 Å². The average Bonchev–Trinajstić information content (AvgIpc) is 2.29. The molecule has 0 heterocycles. The highest BCUT2D eigenvalue weighted by Crippen LogP contribution is 2.36. The molecule has 0 aliphatic heterocycles. The Morgan fingerprint density at radius 3 is 2.47 bits per heavy atom. The summed E-state index contributed by atoms with van der Waals surface area (Å²) in [6.07, 6.45) is 8.66. The molecule has 2 heteroatoms. The Bertz CT molecular complexity index is 234. The summed E-state index contributed by atoms with van der Waals surface area (Å²) in [5.74, 6) is 0.